The van der Waals surface area contributed by atoms with Gasteiger partial charge in [-0.25, -0.2) is 0 Å². The summed E-state index contributed by atoms with van der Waals surface area (Å²) in [4.78, 5) is 0. The quantitative estimate of drug-likeness (QED) is 0.762. The zero-order valence-corrected chi connectivity index (χ0v) is 8.85. The molecule has 0 radical (unpaired) electrons. The normalized spacial score (nSPS) is 15.5. The minimum absolute atomic E-state index is 0.169. The van der Waals surface area contributed by atoms with Crippen LogP contribution in [0.25, 0.3) is 0 Å². The van der Waals surface area contributed by atoms with Gasteiger partial charge in [-0.05, 0) is 17.9 Å². The summed E-state index contributed by atoms with van der Waals surface area (Å²) in [6, 6.07) is 9.86. The monoisotopic (exact) mass is 193 g/mol. The lowest BCUT2D eigenvalue weighted by Crippen LogP contribution is -2.39. The molecule has 2 nitrogen and oxygen atoms in total. The van der Waals surface area contributed by atoms with Gasteiger partial charge in [-0.15, -0.1) is 0 Å². The molecule has 1 rings (SSSR count). The highest BCUT2D eigenvalue weighted by Crippen LogP contribution is 2.09. The van der Waals surface area contributed by atoms with Gasteiger partial charge in [0.05, 0.1) is 6.10 Å². The molecule has 0 aromatic heterocycles. The Hall–Kier alpha value is -0.860. The molecule has 0 saturated heterocycles. The van der Waals surface area contributed by atoms with E-state index in [1.807, 2.05) is 44.2 Å². The number of nitrogens with two attached hydrogens (primary N) is 1. The first-order valence-corrected chi connectivity index (χ1v) is 5.09. The Labute approximate surface area is 85.8 Å². The van der Waals surface area contributed by atoms with Gasteiger partial charge in [-0.3, -0.25) is 0 Å². The van der Waals surface area contributed by atoms with E-state index in [1.165, 1.54) is 5.56 Å². The van der Waals surface area contributed by atoms with Gasteiger partial charge in [0.15, 0.2) is 0 Å². The maximum atomic E-state index is 9.73. The number of hydrogen-bond donors (Lipinski definition) is 2. The molecule has 0 aliphatic carbocycles. The fraction of sp³-hybridized carbons (Fsp3) is 0.500. The van der Waals surface area contributed by atoms with Crippen molar-refractivity contribution in [1.82, 2.24) is 0 Å². The molecule has 0 amide bonds. The van der Waals surface area contributed by atoms with Crippen LogP contribution in [0.4, 0.5) is 0 Å². The predicted molar refractivity (Wildman–Crippen MR) is 59.0 cm³/mol. The summed E-state index contributed by atoms with van der Waals surface area (Å²) in [5.74, 6) is 0.216. The lowest BCUT2D eigenvalue weighted by Gasteiger charge is -2.21. The van der Waals surface area contributed by atoms with E-state index < -0.39 is 6.10 Å². The van der Waals surface area contributed by atoms with Crippen molar-refractivity contribution in [3.05, 3.63) is 35.9 Å². The third-order valence-corrected chi connectivity index (χ3v) is 2.44. The highest BCUT2D eigenvalue weighted by Gasteiger charge is 2.18. The molecule has 1 aromatic carbocycles. The van der Waals surface area contributed by atoms with Gasteiger partial charge in [0.2, 0.25) is 0 Å². The lowest BCUT2D eigenvalue weighted by molar-refractivity contribution is 0.0978. The summed E-state index contributed by atoms with van der Waals surface area (Å²) in [5, 5.41) is 9.73. The summed E-state index contributed by atoms with van der Waals surface area (Å²) < 4.78 is 0. The van der Waals surface area contributed by atoms with Gasteiger partial charge < -0.3 is 10.8 Å². The third-order valence-electron chi connectivity index (χ3n) is 2.44. The molecular formula is C12H19NO. The van der Waals surface area contributed by atoms with Gasteiger partial charge in [0, 0.05) is 6.04 Å². The smallest absolute Gasteiger partial charge is 0.0717 e. The van der Waals surface area contributed by atoms with Crippen molar-refractivity contribution in [2.75, 3.05) is 0 Å². The van der Waals surface area contributed by atoms with Crippen LogP contribution < -0.4 is 5.73 Å². The van der Waals surface area contributed by atoms with Gasteiger partial charge >= 0.3 is 0 Å². The first-order valence-electron chi connectivity index (χ1n) is 5.09. The molecule has 0 aliphatic heterocycles. The van der Waals surface area contributed by atoms with E-state index in [-0.39, 0.29) is 12.0 Å². The Bertz CT molecular complexity index is 258. The molecule has 0 bridgehead atoms. The van der Waals surface area contributed by atoms with Crippen LogP contribution in [-0.4, -0.2) is 17.3 Å². The summed E-state index contributed by atoms with van der Waals surface area (Å²) >= 11 is 0. The maximum absolute atomic E-state index is 9.73. The average Bonchev–Trinajstić information content (AvgIpc) is 2.18. The second kappa shape index (κ2) is 5.13. The van der Waals surface area contributed by atoms with Crippen LogP contribution in [0.1, 0.15) is 19.4 Å². The minimum atomic E-state index is -0.421. The Morgan fingerprint density at radius 3 is 2.29 bits per heavy atom. The number of aliphatic hydroxyl groups is 1. The topological polar surface area (TPSA) is 46.2 Å². The highest BCUT2D eigenvalue weighted by molar-refractivity contribution is 5.16. The molecule has 0 fully saturated rings. The Morgan fingerprint density at radius 2 is 1.79 bits per heavy atom. The molecule has 1 aromatic rings. The van der Waals surface area contributed by atoms with E-state index in [1.54, 1.807) is 0 Å². The van der Waals surface area contributed by atoms with Gasteiger partial charge in [0.1, 0.15) is 0 Å². The van der Waals surface area contributed by atoms with E-state index in [4.69, 9.17) is 5.73 Å². The Balaban J connectivity index is 2.53. The lowest BCUT2D eigenvalue weighted by atomic mass is 9.95. The van der Waals surface area contributed by atoms with Crippen molar-refractivity contribution in [3.8, 4) is 0 Å². The highest BCUT2D eigenvalue weighted by atomic mass is 16.3. The number of aliphatic hydroxyl groups excluding tert-OH is 1. The molecule has 3 N–H and O–H groups in total. The maximum Gasteiger partial charge on any atom is 0.0717 e. The first-order chi connectivity index (χ1) is 6.61. The van der Waals surface area contributed by atoms with Crippen molar-refractivity contribution in [2.24, 2.45) is 11.7 Å². The number of rotatable bonds is 4. The van der Waals surface area contributed by atoms with Crippen molar-refractivity contribution in [3.63, 3.8) is 0 Å². The molecule has 2 heteroatoms. The average molecular weight is 193 g/mol. The fourth-order valence-electron chi connectivity index (χ4n) is 1.50. The molecule has 0 heterocycles. The number of benzene rings is 1. The van der Waals surface area contributed by atoms with E-state index in [0.29, 0.717) is 0 Å². The first kappa shape index (κ1) is 11.2. The number of hydrogen-bond acceptors (Lipinski definition) is 2. The molecule has 0 saturated carbocycles. The van der Waals surface area contributed by atoms with Crippen molar-refractivity contribution >= 4 is 0 Å². The van der Waals surface area contributed by atoms with Crippen molar-refractivity contribution in [2.45, 2.75) is 32.4 Å². The van der Waals surface area contributed by atoms with Crippen molar-refractivity contribution in [1.29, 1.82) is 0 Å². The van der Waals surface area contributed by atoms with Crippen molar-refractivity contribution < 1.29 is 5.11 Å². The van der Waals surface area contributed by atoms with Crippen LogP contribution in [0.5, 0.6) is 0 Å². The zero-order chi connectivity index (χ0) is 10.6. The van der Waals surface area contributed by atoms with Crippen LogP contribution in [-0.2, 0) is 6.42 Å². The Kier molecular flexibility index (Phi) is 4.11. The summed E-state index contributed by atoms with van der Waals surface area (Å²) in [7, 11) is 0. The summed E-state index contributed by atoms with van der Waals surface area (Å²) in [5.41, 5.74) is 7.08. The Morgan fingerprint density at radius 1 is 1.21 bits per heavy atom. The second-order valence-corrected chi connectivity index (χ2v) is 4.09. The van der Waals surface area contributed by atoms with E-state index in [2.05, 4.69) is 0 Å². The van der Waals surface area contributed by atoms with E-state index >= 15 is 0 Å². The fourth-order valence-corrected chi connectivity index (χ4v) is 1.50. The van der Waals surface area contributed by atoms with Crippen LogP contribution in [0.2, 0.25) is 0 Å². The molecule has 14 heavy (non-hydrogen) atoms. The van der Waals surface area contributed by atoms with Gasteiger partial charge in [-0.2, -0.15) is 0 Å². The van der Waals surface area contributed by atoms with Crippen LogP contribution >= 0.6 is 0 Å². The SMILES string of the molecule is CC(C)C(O)C(N)Cc1ccccc1. The molecule has 0 spiro atoms. The second-order valence-electron chi connectivity index (χ2n) is 4.09. The van der Waals surface area contributed by atoms with E-state index in [9.17, 15) is 5.11 Å². The van der Waals surface area contributed by atoms with E-state index in [0.717, 1.165) is 6.42 Å². The molecule has 0 aliphatic rings. The van der Waals surface area contributed by atoms with Crippen LogP contribution in [0.3, 0.4) is 0 Å². The standard InChI is InChI=1S/C12H19NO/c1-9(2)12(14)11(13)8-10-6-4-3-5-7-10/h3-7,9,11-12,14H,8,13H2,1-2H3. The largest absolute Gasteiger partial charge is 0.391 e. The summed E-state index contributed by atoms with van der Waals surface area (Å²) in [6.45, 7) is 3.96. The molecule has 2 unspecified atom stereocenters. The van der Waals surface area contributed by atoms with Crippen LogP contribution in [0, 0.1) is 5.92 Å². The summed E-state index contributed by atoms with van der Waals surface area (Å²) in [6.07, 6.45) is 0.315. The minimum Gasteiger partial charge on any atom is -0.391 e. The molecular weight excluding hydrogens is 174 g/mol. The molecule has 2 atom stereocenters. The van der Waals surface area contributed by atoms with Gasteiger partial charge in [0.25, 0.3) is 0 Å². The zero-order valence-electron chi connectivity index (χ0n) is 8.85. The van der Waals surface area contributed by atoms with Gasteiger partial charge in [-0.1, -0.05) is 44.2 Å². The van der Waals surface area contributed by atoms with Crippen LogP contribution in [0.15, 0.2) is 30.3 Å². The molecule has 78 valence electrons. The predicted octanol–water partition coefficient (Wildman–Crippen LogP) is 1.57. The third kappa shape index (κ3) is 3.13.